The third kappa shape index (κ3) is 6.07. The van der Waals surface area contributed by atoms with Crippen molar-refractivity contribution in [3.63, 3.8) is 0 Å². The summed E-state index contributed by atoms with van der Waals surface area (Å²) in [5.74, 6) is 1.16. The number of rotatable bonds is 7. The molecule has 5 nitrogen and oxygen atoms in total. The monoisotopic (exact) mass is 514 g/mol. The molecule has 154 valence electrons. The van der Waals surface area contributed by atoms with Crippen molar-refractivity contribution in [2.45, 2.75) is 58.9 Å². The molecule has 3 N–H and O–H groups in total. The van der Waals surface area contributed by atoms with Gasteiger partial charge >= 0.3 is 0 Å². The lowest BCUT2D eigenvalue weighted by molar-refractivity contribution is 0.465. The van der Waals surface area contributed by atoms with E-state index in [2.05, 4.69) is 35.5 Å². The smallest absolute Gasteiger partial charge is 0.191 e. The molecule has 0 amide bonds. The lowest BCUT2D eigenvalue weighted by Gasteiger charge is -2.20. The molecule has 1 aromatic heterocycles. The molecule has 0 spiro atoms. The van der Waals surface area contributed by atoms with E-state index in [1.807, 2.05) is 12.3 Å². The van der Waals surface area contributed by atoms with Crippen molar-refractivity contribution in [2.75, 3.05) is 13.1 Å². The molecule has 0 radical (unpaired) electrons. The number of nitrogens with one attached hydrogen (secondary N) is 2. The first kappa shape index (κ1) is 22.9. The minimum Gasteiger partial charge on any atom is -0.508 e. The molecule has 1 aliphatic rings. The van der Waals surface area contributed by atoms with Crippen LogP contribution in [0.3, 0.4) is 0 Å². The highest BCUT2D eigenvalue weighted by atomic mass is 127. The van der Waals surface area contributed by atoms with Gasteiger partial charge in [0, 0.05) is 36.1 Å². The third-order valence-electron chi connectivity index (χ3n) is 4.95. The maximum absolute atomic E-state index is 10.3. The molecule has 7 heteroatoms. The number of guanidine groups is 1. The number of nitrogens with zero attached hydrogens (tertiary/aromatic N) is 2. The van der Waals surface area contributed by atoms with Crippen molar-refractivity contribution < 1.29 is 5.11 Å². The number of aromatic hydroxyl groups is 1. The summed E-state index contributed by atoms with van der Waals surface area (Å²) in [4.78, 5) is 10.5. The van der Waals surface area contributed by atoms with E-state index in [0.717, 1.165) is 55.3 Å². The molecule has 3 rings (SSSR count). The molecule has 0 saturated carbocycles. The quantitative estimate of drug-likeness (QED) is 0.294. The second kappa shape index (κ2) is 11.6. The zero-order valence-corrected chi connectivity index (χ0v) is 19.9. The van der Waals surface area contributed by atoms with Gasteiger partial charge in [-0.3, -0.25) is 0 Å². The van der Waals surface area contributed by atoms with Gasteiger partial charge in [0.05, 0.1) is 11.6 Å². The van der Waals surface area contributed by atoms with Gasteiger partial charge in [-0.1, -0.05) is 13.0 Å². The molecule has 0 bridgehead atoms. The van der Waals surface area contributed by atoms with E-state index in [9.17, 15) is 5.11 Å². The van der Waals surface area contributed by atoms with Crippen LogP contribution in [0.15, 0.2) is 23.3 Å². The van der Waals surface area contributed by atoms with Crippen molar-refractivity contribution >= 4 is 41.3 Å². The molecule has 1 heterocycles. The van der Waals surface area contributed by atoms with E-state index >= 15 is 0 Å². The van der Waals surface area contributed by atoms with Crippen LogP contribution in [0.4, 0.5) is 0 Å². The zero-order valence-electron chi connectivity index (χ0n) is 16.8. The number of fused-ring (bicyclic) bond motifs is 1. The highest BCUT2D eigenvalue weighted by Gasteiger charge is 2.16. The fraction of sp³-hybridized carbons (Fsp3) is 0.524. The summed E-state index contributed by atoms with van der Waals surface area (Å²) in [5, 5.41) is 18.2. The summed E-state index contributed by atoms with van der Waals surface area (Å²) in [6.07, 6.45) is 8.49. The number of hydrogen-bond acceptors (Lipinski definition) is 4. The van der Waals surface area contributed by atoms with E-state index in [1.54, 1.807) is 11.3 Å². The summed E-state index contributed by atoms with van der Waals surface area (Å²) >= 11 is 1.78. The number of aliphatic imine (C=N–C) groups is 1. The fourth-order valence-corrected chi connectivity index (χ4v) is 4.35. The lowest BCUT2D eigenvalue weighted by Crippen LogP contribution is -2.38. The number of phenolic OH excluding ortho intramolecular Hbond substituents is 1. The van der Waals surface area contributed by atoms with Crippen LogP contribution in [0.5, 0.6) is 5.75 Å². The van der Waals surface area contributed by atoms with Crippen LogP contribution < -0.4 is 10.6 Å². The Kier molecular flexibility index (Phi) is 9.50. The van der Waals surface area contributed by atoms with Gasteiger partial charge in [0.1, 0.15) is 5.75 Å². The normalized spacial score (nSPS) is 13.6. The standard InChI is InChI=1S/C21H30N4OS.HI/c1-3-16-13-24-20(27-16)11-12-23-21(22-4-2)25-14-18-17-8-6-5-7-15(17)9-10-19(18)26;/h9-10,13,26H,3-8,11-12,14H2,1-2H3,(H2,22,23,25);1H. The molecule has 0 aliphatic heterocycles. The van der Waals surface area contributed by atoms with Crippen LogP contribution in [0.25, 0.3) is 0 Å². The SMILES string of the molecule is CCNC(=NCc1c(O)ccc2c1CCCC2)NCCc1ncc(CC)s1.I. The molecule has 0 saturated heterocycles. The molecule has 2 aromatic rings. The molecule has 1 aliphatic carbocycles. The predicted octanol–water partition coefficient (Wildman–Crippen LogP) is 4.21. The number of hydrogen-bond donors (Lipinski definition) is 3. The number of thiazole rings is 1. The van der Waals surface area contributed by atoms with E-state index in [1.165, 1.54) is 28.8 Å². The number of phenols is 1. The first-order valence-electron chi connectivity index (χ1n) is 9.99. The number of aryl methyl sites for hydroxylation is 2. The average Bonchev–Trinajstić information content (AvgIpc) is 3.15. The fourth-order valence-electron chi connectivity index (χ4n) is 3.48. The van der Waals surface area contributed by atoms with E-state index in [0.29, 0.717) is 12.3 Å². The highest BCUT2D eigenvalue weighted by molar-refractivity contribution is 14.0. The first-order valence-corrected chi connectivity index (χ1v) is 10.8. The second-order valence-corrected chi connectivity index (χ2v) is 8.05. The Bertz CT molecular complexity index is 791. The number of halogens is 1. The summed E-state index contributed by atoms with van der Waals surface area (Å²) in [7, 11) is 0. The third-order valence-corrected chi connectivity index (χ3v) is 6.15. The van der Waals surface area contributed by atoms with Gasteiger partial charge < -0.3 is 15.7 Å². The van der Waals surface area contributed by atoms with Crippen molar-refractivity contribution in [1.82, 2.24) is 15.6 Å². The maximum atomic E-state index is 10.3. The summed E-state index contributed by atoms with van der Waals surface area (Å²) in [6.45, 7) is 6.32. The first-order chi connectivity index (χ1) is 13.2. The van der Waals surface area contributed by atoms with Crippen LogP contribution in [0.2, 0.25) is 0 Å². The Hall–Kier alpha value is -1.35. The van der Waals surface area contributed by atoms with Crippen LogP contribution in [-0.2, 0) is 32.2 Å². The Balaban J connectivity index is 0.00000280. The van der Waals surface area contributed by atoms with Crippen LogP contribution in [0, 0.1) is 0 Å². The molecule has 0 fully saturated rings. The summed E-state index contributed by atoms with van der Waals surface area (Å²) in [5.41, 5.74) is 3.66. The van der Waals surface area contributed by atoms with Gasteiger partial charge in [0.25, 0.3) is 0 Å². The summed E-state index contributed by atoms with van der Waals surface area (Å²) in [6, 6.07) is 3.89. The van der Waals surface area contributed by atoms with Gasteiger partial charge in [0.2, 0.25) is 0 Å². The van der Waals surface area contributed by atoms with Gasteiger partial charge in [-0.25, -0.2) is 9.98 Å². The average molecular weight is 514 g/mol. The summed E-state index contributed by atoms with van der Waals surface area (Å²) < 4.78 is 0. The van der Waals surface area contributed by atoms with Crippen molar-refractivity contribution in [3.05, 3.63) is 44.9 Å². The molecule has 0 unspecified atom stereocenters. The van der Waals surface area contributed by atoms with Crippen molar-refractivity contribution in [3.8, 4) is 5.75 Å². The van der Waals surface area contributed by atoms with Gasteiger partial charge in [-0.2, -0.15) is 0 Å². The number of benzene rings is 1. The topological polar surface area (TPSA) is 69.5 Å². The Labute approximate surface area is 189 Å². The Morgan fingerprint density at radius 1 is 1.21 bits per heavy atom. The molecular weight excluding hydrogens is 483 g/mol. The minimum atomic E-state index is 0. The number of aromatic nitrogens is 1. The van der Waals surface area contributed by atoms with Gasteiger partial charge in [-0.05, 0) is 56.2 Å². The van der Waals surface area contributed by atoms with E-state index in [-0.39, 0.29) is 24.0 Å². The van der Waals surface area contributed by atoms with E-state index in [4.69, 9.17) is 4.99 Å². The van der Waals surface area contributed by atoms with Crippen LogP contribution in [-0.4, -0.2) is 29.1 Å². The minimum absolute atomic E-state index is 0. The highest BCUT2D eigenvalue weighted by Crippen LogP contribution is 2.31. The second-order valence-electron chi connectivity index (χ2n) is 6.85. The Morgan fingerprint density at radius 2 is 2.04 bits per heavy atom. The van der Waals surface area contributed by atoms with Gasteiger partial charge in [-0.15, -0.1) is 35.3 Å². The lowest BCUT2D eigenvalue weighted by atomic mass is 9.88. The molecular formula is C21H31IN4OS. The molecule has 0 atom stereocenters. The van der Waals surface area contributed by atoms with Gasteiger partial charge in [0.15, 0.2) is 5.96 Å². The van der Waals surface area contributed by atoms with Crippen molar-refractivity contribution in [1.29, 1.82) is 0 Å². The van der Waals surface area contributed by atoms with E-state index < -0.39 is 0 Å². The predicted molar refractivity (Wildman–Crippen MR) is 128 cm³/mol. The van der Waals surface area contributed by atoms with Crippen molar-refractivity contribution in [2.24, 2.45) is 4.99 Å². The zero-order chi connectivity index (χ0) is 19.1. The largest absolute Gasteiger partial charge is 0.508 e. The molecule has 28 heavy (non-hydrogen) atoms. The van der Waals surface area contributed by atoms with Crippen LogP contribution in [0.1, 0.15) is 53.3 Å². The van der Waals surface area contributed by atoms with Crippen LogP contribution >= 0.6 is 35.3 Å². The Morgan fingerprint density at radius 3 is 2.79 bits per heavy atom. The maximum Gasteiger partial charge on any atom is 0.191 e. The molecule has 1 aromatic carbocycles.